The Morgan fingerprint density at radius 2 is 1.81 bits per heavy atom. The highest BCUT2D eigenvalue weighted by atomic mass is 35.5. The normalized spacial score (nSPS) is 11.2. The van der Waals surface area contributed by atoms with E-state index in [0.29, 0.717) is 10.7 Å². The van der Waals surface area contributed by atoms with Gasteiger partial charge < -0.3 is 10.1 Å². The quantitative estimate of drug-likeness (QED) is 0.757. The summed E-state index contributed by atoms with van der Waals surface area (Å²) in [7, 11) is -1.27. The monoisotopic (exact) mass is 396 g/mol. The van der Waals surface area contributed by atoms with Crippen LogP contribution in [0.1, 0.15) is 10.4 Å². The first-order valence-corrected chi connectivity index (χ1v) is 9.26. The molecule has 0 unspecified atom stereocenters. The molecule has 0 heterocycles. The first-order valence-electron chi connectivity index (χ1n) is 7.44. The second kappa shape index (κ2) is 8.31. The van der Waals surface area contributed by atoms with Gasteiger partial charge in [-0.1, -0.05) is 17.7 Å². The van der Waals surface area contributed by atoms with E-state index in [1.54, 1.807) is 18.2 Å². The standard InChI is InChI=1S/C17H17ClN2O5S/c1-20(26(23,24)15-8-6-13(18)7-9-15)11-16(21)19-14-5-3-4-12(10-14)17(22)25-2/h3-10H,11H2,1-2H3,(H,19,21). The second-order valence-electron chi connectivity index (χ2n) is 5.34. The highest BCUT2D eigenvalue weighted by molar-refractivity contribution is 7.89. The first kappa shape index (κ1) is 19.9. The summed E-state index contributed by atoms with van der Waals surface area (Å²) in [5, 5.41) is 2.96. The van der Waals surface area contributed by atoms with Crippen LogP contribution >= 0.6 is 11.6 Å². The summed E-state index contributed by atoms with van der Waals surface area (Å²) < 4.78 is 30.5. The van der Waals surface area contributed by atoms with E-state index in [2.05, 4.69) is 10.1 Å². The Bertz CT molecular complexity index is 913. The summed E-state index contributed by atoms with van der Waals surface area (Å²) in [6.07, 6.45) is 0. The molecule has 0 fully saturated rings. The summed E-state index contributed by atoms with van der Waals surface area (Å²) in [6, 6.07) is 11.8. The van der Waals surface area contributed by atoms with E-state index in [9.17, 15) is 18.0 Å². The van der Waals surface area contributed by atoms with Crippen molar-refractivity contribution in [2.45, 2.75) is 4.90 Å². The van der Waals surface area contributed by atoms with Gasteiger partial charge in [-0.25, -0.2) is 13.2 Å². The number of likely N-dealkylation sites (N-methyl/N-ethyl adjacent to an activating group) is 1. The Morgan fingerprint density at radius 1 is 1.15 bits per heavy atom. The third kappa shape index (κ3) is 4.81. The number of esters is 1. The van der Waals surface area contributed by atoms with Crippen LogP contribution in [0.15, 0.2) is 53.4 Å². The van der Waals surface area contributed by atoms with Gasteiger partial charge in [-0.2, -0.15) is 4.31 Å². The Hall–Kier alpha value is -2.42. The first-order chi connectivity index (χ1) is 12.2. The van der Waals surface area contributed by atoms with E-state index in [-0.39, 0.29) is 10.5 Å². The van der Waals surface area contributed by atoms with Crippen molar-refractivity contribution >= 4 is 39.2 Å². The third-order valence-electron chi connectivity index (χ3n) is 3.46. The number of rotatable bonds is 6. The molecular formula is C17H17ClN2O5S. The highest BCUT2D eigenvalue weighted by Gasteiger charge is 2.23. The largest absolute Gasteiger partial charge is 0.465 e. The number of nitrogens with one attached hydrogen (secondary N) is 1. The van der Waals surface area contributed by atoms with E-state index in [0.717, 1.165) is 4.31 Å². The minimum Gasteiger partial charge on any atom is -0.465 e. The number of amides is 1. The van der Waals surface area contributed by atoms with Gasteiger partial charge in [-0.3, -0.25) is 4.79 Å². The van der Waals surface area contributed by atoms with Gasteiger partial charge in [-0.15, -0.1) is 0 Å². The third-order valence-corrected chi connectivity index (χ3v) is 5.53. The molecule has 0 aliphatic rings. The molecule has 0 aliphatic heterocycles. The van der Waals surface area contributed by atoms with Crippen molar-refractivity contribution in [2.75, 3.05) is 26.0 Å². The molecule has 26 heavy (non-hydrogen) atoms. The molecule has 2 aromatic rings. The number of benzene rings is 2. The van der Waals surface area contributed by atoms with Crippen molar-refractivity contribution in [1.82, 2.24) is 4.31 Å². The molecule has 9 heteroatoms. The van der Waals surface area contributed by atoms with Gasteiger partial charge in [0.1, 0.15) is 0 Å². The number of methoxy groups -OCH3 is 1. The van der Waals surface area contributed by atoms with Crippen LogP contribution in [0.4, 0.5) is 5.69 Å². The molecule has 0 aromatic heterocycles. The predicted octanol–water partition coefficient (Wildman–Crippen LogP) is 2.39. The van der Waals surface area contributed by atoms with E-state index in [4.69, 9.17) is 11.6 Å². The lowest BCUT2D eigenvalue weighted by Gasteiger charge is -2.17. The number of hydrogen-bond donors (Lipinski definition) is 1. The fourth-order valence-electron chi connectivity index (χ4n) is 2.12. The molecule has 7 nitrogen and oxygen atoms in total. The van der Waals surface area contributed by atoms with Gasteiger partial charge in [0.15, 0.2) is 0 Å². The fourth-order valence-corrected chi connectivity index (χ4v) is 3.37. The van der Waals surface area contributed by atoms with Gasteiger partial charge in [0.2, 0.25) is 15.9 Å². The SMILES string of the molecule is COC(=O)c1cccc(NC(=O)CN(C)S(=O)(=O)c2ccc(Cl)cc2)c1. The molecule has 0 saturated carbocycles. The van der Waals surface area contributed by atoms with Crippen LogP contribution < -0.4 is 5.32 Å². The Morgan fingerprint density at radius 3 is 2.42 bits per heavy atom. The Labute approximate surface area is 156 Å². The Kier molecular flexibility index (Phi) is 6.36. The maximum Gasteiger partial charge on any atom is 0.337 e. The maximum atomic E-state index is 12.5. The van der Waals surface area contributed by atoms with Gasteiger partial charge >= 0.3 is 5.97 Å². The van der Waals surface area contributed by atoms with Crippen LogP contribution in [0.3, 0.4) is 0 Å². The fraction of sp³-hybridized carbons (Fsp3) is 0.176. The highest BCUT2D eigenvalue weighted by Crippen LogP contribution is 2.18. The number of ether oxygens (including phenoxy) is 1. The van der Waals surface area contributed by atoms with Gasteiger partial charge in [0.25, 0.3) is 0 Å². The van der Waals surface area contributed by atoms with E-state index in [1.807, 2.05) is 0 Å². The van der Waals surface area contributed by atoms with E-state index in [1.165, 1.54) is 44.5 Å². The van der Waals surface area contributed by atoms with Crippen LogP contribution in [0.25, 0.3) is 0 Å². The van der Waals surface area contributed by atoms with Crippen molar-refractivity contribution < 1.29 is 22.7 Å². The molecule has 2 aromatic carbocycles. The molecule has 0 atom stereocenters. The molecule has 0 bridgehead atoms. The summed E-state index contributed by atoms with van der Waals surface area (Å²) >= 11 is 5.76. The topological polar surface area (TPSA) is 92.8 Å². The lowest BCUT2D eigenvalue weighted by atomic mass is 10.2. The molecule has 138 valence electrons. The summed E-state index contributed by atoms with van der Waals surface area (Å²) in [5.41, 5.74) is 0.627. The molecule has 0 aliphatic carbocycles. The lowest BCUT2D eigenvalue weighted by molar-refractivity contribution is -0.116. The van der Waals surface area contributed by atoms with Gasteiger partial charge in [0.05, 0.1) is 24.1 Å². The smallest absolute Gasteiger partial charge is 0.337 e. The number of anilines is 1. The van der Waals surface area contributed by atoms with Crippen LogP contribution in [0.2, 0.25) is 5.02 Å². The van der Waals surface area contributed by atoms with Crippen molar-refractivity contribution in [3.05, 3.63) is 59.1 Å². The van der Waals surface area contributed by atoms with Crippen LogP contribution in [0, 0.1) is 0 Å². The number of nitrogens with zero attached hydrogens (tertiary/aromatic N) is 1. The van der Waals surface area contributed by atoms with Crippen molar-refractivity contribution in [3.63, 3.8) is 0 Å². The minimum atomic E-state index is -3.83. The molecule has 1 amide bonds. The molecular weight excluding hydrogens is 380 g/mol. The van der Waals surface area contributed by atoms with Crippen molar-refractivity contribution in [3.8, 4) is 0 Å². The zero-order chi connectivity index (χ0) is 19.3. The van der Waals surface area contributed by atoms with E-state index < -0.39 is 28.4 Å². The maximum absolute atomic E-state index is 12.5. The van der Waals surface area contributed by atoms with Crippen molar-refractivity contribution in [1.29, 1.82) is 0 Å². The minimum absolute atomic E-state index is 0.0323. The van der Waals surface area contributed by atoms with E-state index >= 15 is 0 Å². The van der Waals surface area contributed by atoms with Gasteiger partial charge in [0, 0.05) is 17.8 Å². The number of carbonyl (C=O) groups is 2. The van der Waals surface area contributed by atoms with Crippen LogP contribution in [-0.4, -0.2) is 45.3 Å². The predicted molar refractivity (Wildman–Crippen MR) is 97.7 cm³/mol. The number of carbonyl (C=O) groups excluding carboxylic acids is 2. The summed E-state index contributed by atoms with van der Waals surface area (Å²) in [4.78, 5) is 23.7. The zero-order valence-corrected chi connectivity index (χ0v) is 15.7. The average molecular weight is 397 g/mol. The molecule has 0 radical (unpaired) electrons. The number of hydrogen-bond acceptors (Lipinski definition) is 5. The molecule has 1 N–H and O–H groups in total. The summed E-state index contributed by atoms with van der Waals surface area (Å²) in [6.45, 7) is -0.395. The van der Waals surface area contributed by atoms with Crippen molar-refractivity contribution in [2.24, 2.45) is 0 Å². The zero-order valence-electron chi connectivity index (χ0n) is 14.1. The molecule has 0 spiro atoms. The lowest BCUT2D eigenvalue weighted by Crippen LogP contribution is -2.35. The summed E-state index contributed by atoms with van der Waals surface area (Å²) in [5.74, 6) is -1.09. The molecule has 0 saturated heterocycles. The van der Waals surface area contributed by atoms with Gasteiger partial charge in [-0.05, 0) is 42.5 Å². The van der Waals surface area contributed by atoms with Crippen LogP contribution in [0.5, 0.6) is 0 Å². The van der Waals surface area contributed by atoms with Crippen LogP contribution in [-0.2, 0) is 19.6 Å². The number of sulfonamides is 1. The Balaban J connectivity index is 2.07. The number of halogens is 1. The molecule has 2 rings (SSSR count). The second-order valence-corrected chi connectivity index (χ2v) is 7.82. The average Bonchev–Trinajstić information content (AvgIpc) is 2.61.